The second-order valence-corrected chi connectivity index (χ2v) is 7.00. The van der Waals surface area contributed by atoms with Gasteiger partial charge in [-0.15, -0.1) is 0 Å². The van der Waals surface area contributed by atoms with Crippen LogP contribution in [0.4, 0.5) is 0 Å². The minimum atomic E-state index is 0.361. The molecule has 1 amide bonds. The highest BCUT2D eigenvalue weighted by atomic mass is 16.5. The number of rotatable bonds is 3. The van der Waals surface area contributed by atoms with Gasteiger partial charge in [-0.25, -0.2) is 0 Å². The van der Waals surface area contributed by atoms with Crippen molar-refractivity contribution in [3.8, 4) is 0 Å². The summed E-state index contributed by atoms with van der Waals surface area (Å²) in [4.78, 5) is 17.1. The number of ether oxygens (including phenoxy) is 1. The lowest BCUT2D eigenvalue weighted by atomic mass is 10.00. The van der Waals surface area contributed by atoms with Gasteiger partial charge in [0.05, 0.1) is 0 Å². The third-order valence-corrected chi connectivity index (χ3v) is 5.46. The highest BCUT2D eigenvalue weighted by molar-refractivity contribution is 5.76. The van der Waals surface area contributed by atoms with E-state index in [2.05, 4.69) is 9.80 Å². The van der Waals surface area contributed by atoms with E-state index < -0.39 is 0 Å². The zero-order valence-electron chi connectivity index (χ0n) is 13.3. The van der Waals surface area contributed by atoms with Crippen molar-refractivity contribution < 1.29 is 9.53 Å². The lowest BCUT2D eigenvalue weighted by Crippen LogP contribution is -2.47. The van der Waals surface area contributed by atoms with Crippen LogP contribution in [0.25, 0.3) is 0 Å². The van der Waals surface area contributed by atoms with Crippen LogP contribution in [-0.2, 0) is 9.53 Å². The summed E-state index contributed by atoms with van der Waals surface area (Å²) in [6.45, 7) is 6.11. The van der Waals surface area contributed by atoms with Gasteiger partial charge in [0.15, 0.2) is 0 Å². The van der Waals surface area contributed by atoms with E-state index in [1.165, 1.54) is 51.6 Å². The Labute approximate surface area is 128 Å². The maximum atomic E-state index is 12.3. The Hall–Kier alpha value is -0.610. The van der Waals surface area contributed by atoms with Gasteiger partial charge in [-0.2, -0.15) is 0 Å². The summed E-state index contributed by atoms with van der Waals surface area (Å²) >= 11 is 0. The Balaban J connectivity index is 1.42. The molecule has 0 aromatic rings. The molecule has 0 N–H and O–H groups in total. The lowest BCUT2D eigenvalue weighted by Gasteiger charge is -2.38. The summed E-state index contributed by atoms with van der Waals surface area (Å²) in [5.74, 6) is 0.834. The van der Waals surface area contributed by atoms with Crippen molar-refractivity contribution in [2.24, 2.45) is 5.92 Å². The average Bonchev–Trinajstić information content (AvgIpc) is 2.87. The maximum absolute atomic E-state index is 12.3. The van der Waals surface area contributed by atoms with Gasteiger partial charge in [-0.3, -0.25) is 4.79 Å². The van der Waals surface area contributed by atoms with Crippen LogP contribution in [-0.4, -0.2) is 61.1 Å². The zero-order chi connectivity index (χ0) is 14.5. The minimum Gasteiger partial charge on any atom is -0.381 e. The monoisotopic (exact) mass is 294 g/mol. The summed E-state index contributed by atoms with van der Waals surface area (Å²) in [6, 6.07) is 0.724. The van der Waals surface area contributed by atoms with Crippen molar-refractivity contribution in [1.82, 2.24) is 9.80 Å². The number of carbonyl (C=O) groups is 1. The molecule has 3 aliphatic heterocycles. The zero-order valence-corrected chi connectivity index (χ0v) is 13.3. The second kappa shape index (κ2) is 7.59. The van der Waals surface area contributed by atoms with Gasteiger partial charge in [0.2, 0.25) is 5.91 Å². The van der Waals surface area contributed by atoms with Crippen LogP contribution in [0.3, 0.4) is 0 Å². The molecule has 3 heterocycles. The molecular weight excluding hydrogens is 264 g/mol. The van der Waals surface area contributed by atoms with Crippen molar-refractivity contribution in [1.29, 1.82) is 0 Å². The van der Waals surface area contributed by atoms with Gasteiger partial charge >= 0.3 is 0 Å². The summed E-state index contributed by atoms with van der Waals surface area (Å²) in [7, 11) is 0. The Morgan fingerprint density at radius 2 is 1.67 bits per heavy atom. The van der Waals surface area contributed by atoms with Crippen LogP contribution in [0.1, 0.15) is 51.4 Å². The van der Waals surface area contributed by atoms with E-state index in [1.54, 1.807) is 0 Å². The molecule has 3 saturated heterocycles. The average molecular weight is 294 g/mol. The van der Waals surface area contributed by atoms with Crippen molar-refractivity contribution in [3.63, 3.8) is 0 Å². The van der Waals surface area contributed by atoms with Crippen LogP contribution in [0.15, 0.2) is 0 Å². The Morgan fingerprint density at radius 1 is 0.952 bits per heavy atom. The van der Waals surface area contributed by atoms with Crippen LogP contribution >= 0.6 is 0 Å². The molecule has 0 aromatic carbocycles. The van der Waals surface area contributed by atoms with Crippen LogP contribution in [0.5, 0.6) is 0 Å². The predicted octanol–water partition coefficient (Wildman–Crippen LogP) is 2.28. The fourth-order valence-corrected chi connectivity index (χ4v) is 4.06. The fourth-order valence-electron chi connectivity index (χ4n) is 4.06. The van der Waals surface area contributed by atoms with Gasteiger partial charge in [0.25, 0.3) is 0 Å². The predicted molar refractivity (Wildman–Crippen MR) is 83.2 cm³/mol. The van der Waals surface area contributed by atoms with Gasteiger partial charge in [-0.1, -0.05) is 12.8 Å². The minimum absolute atomic E-state index is 0.361. The lowest BCUT2D eigenvalue weighted by molar-refractivity contribution is -0.133. The molecule has 21 heavy (non-hydrogen) atoms. The number of carbonyl (C=O) groups excluding carboxylic acids is 1. The summed E-state index contributed by atoms with van der Waals surface area (Å²) < 4.78 is 5.38. The summed E-state index contributed by atoms with van der Waals surface area (Å²) in [5, 5.41) is 0. The molecule has 3 aliphatic rings. The smallest absolute Gasteiger partial charge is 0.222 e. The van der Waals surface area contributed by atoms with Crippen LogP contribution < -0.4 is 0 Å². The molecule has 0 aromatic heterocycles. The maximum Gasteiger partial charge on any atom is 0.222 e. The van der Waals surface area contributed by atoms with E-state index in [0.717, 1.165) is 38.8 Å². The molecule has 0 radical (unpaired) electrons. The number of likely N-dealkylation sites (tertiary alicyclic amines) is 2. The molecule has 3 rings (SSSR count). The fraction of sp³-hybridized carbons (Fsp3) is 0.941. The molecule has 0 saturated carbocycles. The molecule has 0 unspecified atom stereocenters. The number of amides is 1. The largest absolute Gasteiger partial charge is 0.381 e. The van der Waals surface area contributed by atoms with E-state index in [-0.39, 0.29) is 0 Å². The number of hydrogen-bond acceptors (Lipinski definition) is 3. The first kappa shape index (κ1) is 15.3. The molecule has 0 bridgehead atoms. The van der Waals surface area contributed by atoms with Gasteiger partial charge < -0.3 is 14.5 Å². The van der Waals surface area contributed by atoms with Gasteiger partial charge in [0.1, 0.15) is 0 Å². The van der Waals surface area contributed by atoms with Crippen molar-refractivity contribution in [2.45, 2.75) is 57.4 Å². The van der Waals surface area contributed by atoms with E-state index in [1.807, 2.05) is 0 Å². The number of piperidine rings is 1. The van der Waals surface area contributed by atoms with E-state index in [9.17, 15) is 4.79 Å². The normalized spacial score (nSPS) is 29.5. The number of hydrogen-bond donors (Lipinski definition) is 0. The number of nitrogens with zero attached hydrogens (tertiary/aromatic N) is 2. The molecule has 4 heteroatoms. The Kier molecular flexibility index (Phi) is 5.53. The first-order valence-corrected chi connectivity index (χ1v) is 8.92. The van der Waals surface area contributed by atoms with Crippen LogP contribution in [0.2, 0.25) is 0 Å². The molecule has 1 atom stereocenters. The molecule has 3 fully saturated rings. The summed E-state index contributed by atoms with van der Waals surface area (Å²) in [6.07, 6.45) is 9.64. The third-order valence-electron chi connectivity index (χ3n) is 5.46. The Bertz CT molecular complexity index is 326. The first-order valence-electron chi connectivity index (χ1n) is 8.92. The van der Waals surface area contributed by atoms with E-state index in [4.69, 9.17) is 4.74 Å². The van der Waals surface area contributed by atoms with Crippen molar-refractivity contribution >= 4 is 5.91 Å². The van der Waals surface area contributed by atoms with Crippen molar-refractivity contribution in [2.75, 3.05) is 39.4 Å². The molecule has 0 spiro atoms. The SMILES string of the molecule is O=C(C[C@@H]1CCOC1)N1CCC(N2CCCCCC2)CC1. The molecule has 4 nitrogen and oxygen atoms in total. The first-order chi connectivity index (χ1) is 10.3. The highest BCUT2D eigenvalue weighted by Gasteiger charge is 2.28. The van der Waals surface area contributed by atoms with Crippen molar-refractivity contribution in [3.05, 3.63) is 0 Å². The quantitative estimate of drug-likeness (QED) is 0.800. The van der Waals surface area contributed by atoms with Gasteiger partial charge in [-0.05, 0) is 51.1 Å². The van der Waals surface area contributed by atoms with Crippen LogP contribution in [0, 0.1) is 5.92 Å². The molecule has 0 aliphatic carbocycles. The topological polar surface area (TPSA) is 32.8 Å². The third kappa shape index (κ3) is 4.19. The molecular formula is C17H30N2O2. The second-order valence-electron chi connectivity index (χ2n) is 7.00. The Morgan fingerprint density at radius 3 is 2.29 bits per heavy atom. The van der Waals surface area contributed by atoms with E-state index in [0.29, 0.717) is 18.2 Å². The van der Waals surface area contributed by atoms with Gasteiger partial charge in [0, 0.05) is 38.8 Å². The molecule has 120 valence electrons. The highest BCUT2D eigenvalue weighted by Crippen LogP contribution is 2.23. The standard InChI is InChI=1S/C17H30N2O2/c20-17(13-15-7-12-21-14-15)19-10-5-16(6-11-19)18-8-3-1-2-4-9-18/h15-16H,1-14H2/t15-/m0/s1. The van der Waals surface area contributed by atoms with E-state index >= 15 is 0 Å². The summed E-state index contributed by atoms with van der Waals surface area (Å²) in [5.41, 5.74) is 0.